The zero-order valence-electron chi connectivity index (χ0n) is 24.1. The van der Waals surface area contributed by atoms with Crippen LogP contribution in [0.4, 0.5) is 35.2 Å². The van der Waals surface area contributed by atoms with Crippen molar-refractivity contribution < 1.29 is 37.8 Å². The number of aryl methyl sites for hydroxylation is 1. The lowest BCUT2D eigenvalue weighted by molar-refractivity contribution is -0.137. The van der Waals surface area contributed by atoms with Crippen molar-refractivity contribution in [2.45, 2.75) is 44.7 Å². The Morgan fingerprint density at radius 2 is 1.93 bits per heavy atom. The van der Waals surface area contributed by atoms with Gasteiger partial charge in [0.15, 0.2) is 0 Å². The number of aliphatic hydroxyl groups excluding tert-OH is 1. The van der Waals surface area contributed by atoms with Crippen LogP contribution in [0.1, 0.15) is 40.5 Å². The molecule has 1 fully saturated rings. The van der Waals surface area contributed by atoms with Gasteiger partial charge in [0.2, 0.25) is 11.8 Å². The molecule has 0 radical (unpaired) electrons. The number of hydrogen-bond acceptors (Lipinski definition) is 7. The van der Waals surface area contributed by atoms with Crippen LogP contribution in [0.25, 0.3) is 0 Å². The van der Waals surface area contributed by atoms with Crippen LogP contribution in [0.2, 0.25) is 5.02 Å². The maximum absolute atomic E-state index is 14.0. The second-order valence-electron chi connectivity index (χ2n) is 11.4. The van der Waals surface area contributed by atoms with E-state index >= 15 is 0 Å². The number of aromatic nitrogens is 2. The minimum Gasteiger partial charge on any atom is -0.465 e. The van der Waals surface area contributed by atoms with Crippen molar-refractivity contribution in [2.24, 2.45) is 5.92 Å². The summed E-state index contributed by atoms with van der Waals surface area (Å²) in [7, 11) is 1.52. The second kappa shape index (κ2) is 11.2. The zero-order valence-corrected chi connectivity index (χ0v) is 24.9. The Hall–Kier alpha value is -4.43. The summed E-state index contributed by atoms with van der Waals surface area (Å²) in [6, 6.07) is 6.59. The number of nitrogens with zero attached hydrogens (tertiary/aromatic N) is 6. The largest absolute Gasteiger partial charge is 0.465 e. The third-order valence-corrected chi connectivity index (χ3v) is 8.81. The van der Waals surface area contributed by atoms with Gasteiger partial charge in [-0.05, 0) is 48.4 Å². The number of anilines is 3. The van der Waals surface area contributed by atoms with Crippen molar-refractivity contribution in [3.8, 4) is 0 Å². The fourth-order valence-electron chi connectivity index (χ4n) is 6.54. The first-order valence-electron chi connectivity index (χ1n) is 14.1. The minimum atomic E-state index is -4.68. The van der Waals surface area contributed by atoms with E-state index < -0.39 is 54.3 Å². The molecule has 3 atom stereocenters. The van der Waals surface area contributed by atoms with E-state index in [0.29, 0.717) is 33.2 Å². The number of likely N-dealkylation sites (N-methyl/N-ethyl adjacent to an activating group) is 1. The van der Waals surface area contributed by atoms with Gasteiger partial charge in [0, 0.05) is 44.4 Å². The molecule has 236 valence electrons. The first kappa shape index (κ1) is 30.6. The molecule has 0 aliphatic carbocycles. The van der Waals surface area contributed by atoms with Gasteiger partial charge in [-0.25, -0.2) is 9.78 Å². The Bertz CT molecular complexity index is 1720. The van der Waals surface area contributed by atoms with Gasteiger partial charge >= 0.3 is 12.3 Å². The van der Waals surface area contributed by atoms with E-state index in [9.17, 15) is 37.8 Å². The number of rotatable bonds is 4. The van der Waals surface area contributed by atoms with Crippen LogP contribution in [0, 0.1) is 12.8 Å². The predicted octanol–water partition coefficient (Wildman–Crippen LogP) is 4.39. The molecule has 45 heavy (non-hydrogen) atoms. The number of para-hydroxylation sites is 1. The summed E-state index contributed by atoms with van der Waals surface area (Å²) in [4.78, 5) is 53.4. The number of fused-ring (bicyclic) bond motifs is 3. The van der Waals surface area contributed by atoms with E-state index in [4.69, 9.17) is 11.6 Å². The molecule has 5 heterocycles. The summed E-state index contributed by atoms with van der Waals surface area (Å²) in [6.45, 7) is 1.36. The maximum atomic E-state index is 14.0. The summed E-state index contributed by atoms with van der Waals surface area (Å²) < 4.78 is 41.1. The SMILES string of the molecule is Cc1cc(C(F)(F)F)cc(N2C(=O)C[C@@H]3CN(Cc4cnc5c(c4)CN(C(=O)O)[C@H]5CO)c4c(Cl)cccc4N(C)C(=O)[C@H]32)n1. The van der Waals surface area contributed by atoms with Gasteiger partial charge in [0.25, 0.3) is 0 Å². The lowest BCUT2D eigenvalue weighted by atomic mass is 9.95. The molecule has 15 heteroatoms. The summed E-state index contributed by atoms with van der Waals surface area (Å²) in [6.07, 6.45) is -4.40. The zero-order chi connectivity index (χ0) is 32.4. The molecule has 0 saturated carbocycles. The van der Waals surface area contributed by atoms with Gasteiger partial charge in [-0.3, -0.25) is 24.4 Å². The lowest BCUT2D eigenvalue weighted by Gasteiger charge is -2.39. The van der Waals surface area contributed by atoms with Crippen LogP contribution >= 0.6 is 11.6 Å². The van der Waals surface area contributed by atoms with Crippen LogP contribution in [0.15, 0.2) is 42.6 Å². The normalized spacial score (nSPS) is 21.4. The molecule has 3 aliphatic heterocycles. The van der Waals surface area contributed by atoms with Crippen molar-refractivity contribution in [3.05, 3.63) is 75.7 Å². The number of carboxylic acid groups (broad SMARTS) is 1. The van der Waals surface area contributed by atoms with Gasteiger partial charge in [-0.1, -0.05) is 17.7 Å². The van der Waals surface area contributed by atoms with Crippen molar-refractivity contribution in [1.29, 1.82) is 0 Å². The molecule has 2 aromatic heterocycles. The van der Waals surface area contributed by atoms with Gasteiger partial charge in [0.1, 0.15) is 17.9 Å². The molecule has 3 aliphatic rings. The van der Waals surface area contributed by atoms with Gasteiger partial charge in [-0.2, -0.15) is 13.2 Å². The molecular weight excluding hydrogens is 617 g/mol. The molecule has 2 N–H and O–H groups in total. The fourth-order valence-corrected chi connectivity index (χ4v) is 6.83. The van der Waals surface area contributed by atoms with Crippen molar-refractivity contribution in [3.63, 3.8) is 0 Å². The van der Waals surface area contributed by atoms with Gasteiger partial charge < -0.3 is 20.0 Å². The van der Waals surface area contributed by atoms with Crippen LogP contribution in [-0.2, 0) is 28.9 Å². The van der Waals surface area contributed by atoms with Crippen LogP contribution in [0.5, 0.6) is 0 Å². The average Bonchev–Trinajstić information content (AvgIpc) is 3.51. The summed E-state index contributed by atoms with van der Waals surface area (Å²) in [5, 5.41) is 19.7. The maximum Gasteiger partial charge on any atom is 0.416 e. The van der Waals surface area contributed by atoms with E-state index in [1.165, 1.54) is 18.9 Å². The first-order valence-corrected chi connectivity index (χ1v) is 14.4. The fraction of sp³-hybridized carbons (Fsp3) is 0.367. The molecule has 0 unspecified atom stereocenters. The van der Waals surface area contributed by atoms with Gasteiger partial charge in [-0.15, -0.1) is 0 Å². The highest BCUT2D eigenvalue weighted by Crippen LogP contribution is 2.44. The molecule has 0 bridgehead atoms. The third kappa shape index (κ3) is 5.31. The van der Waals surface area contributed by atoms with Gasteiger partial charge in [0.05, 0.1) is 40.8 Å². The second-order valence-corrected chi connectivity index (χ2v) is 11.8. The smallest absolute Gasteiger partial charge is 0.416 e. The highest BCUT2D eigenvalue weighted by Gasteiger charge is 2.49. The van der Waals surface area contributed by atoms with Crippen molar-refractivity contribution in [1.82, 2.24) is 14.9 Å². The predicted molar refractivity (Wildman–Crippen MR) is 157 cm³/mol. The first-order chi connectivity index (χ1) is 21.3. The number of hydrogen-bond donors (Lipinski definition) is 2. The Morgan fingerprint density at radius 1 is 1.18 bits per heavy atom. The lowest BCUT2D eigenvalue weighted by Crippen LogP contribution is -2.52. The highest BCUT2D eigenvalue weighted by atomic mass is 35.5. The van der Waals surface area contributed by atoms with Crippen molar-refractivity contribution >= 4 is 46.7 Å². The number of carbonyl (C=O) groups is 3. The number of pyridine rings is 2. The Kier molecular flexibility index (Phi) is 7.60. The van der Waals surface area contributed by atoms with Crippen LogP contribution in [0.3, 0.4) is 0 Å². The number of alkyl halides is 3. The monoisotopic (exact) mass is 644 g/mol. The molecule has 3 amide bonds. The molecule has 3 aromatic rings. The number of aliphatic hydroxyl groups is 1. The number of amides is 3. The Labute approximate surface area is 260 Å². The quantitative estimate of drug-likeness (QED) is 0.428. The van der Waals surface area contributed by atoms with Crippen molar-refractivity contribution in [2.75, 3.05) is 34.9 Å². The van der Waals surface area contributed by atoms with Crippen LogP contribution in [-0.4, -0.2) is 69.2 Å². The molecule has 1 aromatic carbocycles. The number of benzene rings is 1. The molecule has 11 nitrogen and oxygen atoms in total. The summed E-state index contributed by atoms with van der Waals surface area (Å²) in [5.41, 5.74) is 1.82. The van der Waals surface area contributed by atoms with Crippen LogP contribution < -0.4 is 14.7 Å². The molecular formula is C30H28ClF3N6O5. The summed E-state index contributed by atoms with van der Waals surface area (Å²) >= 11 is 6.71. The Balaban J connectivity index is 1.40. The van der Waals surface area contributed by atoms with E-state index in [2.05, 4.69) is 9.97 Å². The molecule has 1 saturated heterocycles. The Morgan fingerprint density at radius 3 is 2.62 bits per heavy atom. The molecule has 6 rings (SSSR count). The standard InChI is InChI=1S/C30H28ClF3N6O5/c1-15-6-19(30(32,33)34)9-23(36-15)40-24(42)8-18-12-38(27-20(31)4-3-5-21(27)37(2)28(43)26(18)40)11-16-7-17-13-39(29(44)45)22(14-41)25(17)35-10-16/h3-7,9-10,18,22,26,41H,8,11-14H2,1-2H3,(H,44,45)/t18-,22+,26+/m1/s1. The van der Waals surface area contributed by atoms with E-state index in [1.807, 2.05) is 4.90 Å². The third-order valence-electron chi connectivity index (χ3n) is 8.51. The highest BCUT2D eigenvalue weighted by molar-refractivity contribution is 6.34. The van der Waals surface area contributed by atoms with E-state index in [0.717, 1.165) is 21.9 Å². The summed E-state index contributed by atoms with van der Waals surface area (Å²) in [5.74, 6) is -1.91. The minimum absolute atomic E-state index is 0.0445. The number of carbonyl (C=O) groups excluding carboxylic acids is 2. The topological polar surface area (TPSA) is 130 Å². The van der Waals surface area contributed by atoms with E-state index in [1.54, 1.807) is 30.5 Å². The average molecular weight is 645 g/mol. The number of halogens is 4. The molecule has 0 spiro atoms. The van der Waals surface area contributed by atoms with E-state index in [-0.39, 0.29) is 37.6 Å².